The number of carbonyl (C=O) groups is 1. The Bertz CT molecular complexity index is 420. The Balaban J connectivity index is 2.18. The highest BCUT2D eigenvalue weighted by Crippen LogP contribution is 2.24. The Morgan fingerprint density at radius 3 is 3.11 bits per heavy atom. The van der Waals surface area contributed by atoms with E-state index >= 15 is 0 Å². The lowest BCUT2D eigenvalue weighted by molar-refractivity contribution is -0.134. The van der Waals surface area contributed by atoms with Gasteiger partial charge in [0.05, 0.1) is 13.7 Å². The van der Waals surface area contributed by atoms with Crippen molar-refractivity contribution in [1.82, 2.24) is 0 Å². The van der Waals surface area contributed by atoms with Gasteiger partial charge in [0.1, 0.15) is 11.9 Å². The van der Waals surface area contributed by atoms with Crippen LogP contribution in [0.15, 0.2) is 24.3 Å². The summed E-state index contributed by atoms with van der Waals surface area (Å²) < 4.78 is 10.6. The summed E-state index contributed by atoms with van der Waals surface area (Å²) in [6.45, 7) is 1.54. The zero-order valence-corrected chi connectivity index (χ0v) is 10.5. The number of ether oxygens (including phenoxy) is 2. The number of hydrogen-bond donors (Lipinski definition) is 1. The number of methoxy groups -OCH3 is 1. The number of anilines is 1. The monoisotopic (exact) mass is 250 g/mol. The molecular weight excluding hydrogens is 232 g/mol. The molecule has 0 aliphatic carbocycles. The van der Waals surface area contributed by atoms with Crippen molar-refractivity contribution >= 4 is 11.6 Å². The fourth-order valence-corrected chi connectivity index (χ4v) is 2.03. The molecule has 1 aromatic rings. The van der Waals surface area contributed by atoms with E-state index in [4.69, 9.17) is 15.2 Å². The number of benzene rings is 1. The van der Waals surface area contributed by atoms with Gasteiger partial charge in [0.25, 0.3) is 5.91 Å². The summed E-state index contributed by atoms with van der Waals surface area (Å²) in [5.41, 5.74) is 6.32. The fraction of sp³-hybridized carbons (Fsp3) is 0.462. The smallest absolute Gasteiger partial charge is 0.256 e. The first-order valence-corrected chi connectivity index (χ1v) is 6.03. The van der Waals surface area contributed by atoms with Crippen molar-refractivity contribution in [3.63, 3.8) is 0 Å². The van der Waals surface area contributed by atoms with Crippen molar-refractivity contribution in [2.45, 2.75) is 12.5 Å². The van der Waals surface area contributed by atoms with Crippen LogP contribution in [0.25, 0.3) is 0 Å². The topological polar surface area (TPSA) is 64.8 Å². The van der Waals surface area contributed by atoms with Crippen LogP contribution in [0.2, 0.25) is 0 Å². The summed E-state index contributed by atoms with van der Waals surface area (Å²) in [7, 11) is 1.61. The third-order valence-corrected chi connectivity index (χ3v) is 2.97. The second-order valence-corrected chi connectivity index (χ2v) is 4.13. The first-order valence-electron chi connectivity index (χ1n) is 6.03. The van der Waals surface area contributed by atoms with Crippen LogP contribution in [-0.4, -0.2) is 38.8 Å². The van der Waals surface area contributed by atoms with E-state index in [0.717, 1.165) is 11.4 Å². The summed E-state index contributed by atoms with van der Waals surface area (Å²) in [5, 5.41) is 0. The normalized spacial score (nSPS) is 20.0. The molecule has 1 aliphatic rings. The summed E-state index contributed by atoms with van der Waals surface area (Å²) in [5.74, 6) is 0.710. The van der Waals surface area contributed by atoms with E-state index in [0.29, 0.717) is 26.1 Å². The van der Waals surface area contributed by atoms with Gasteiger partial charge < -0.3 is 20.1 Å². The molecular formula is C13H18N2O3. The van der Waals surface area contributed by atoms with Gasteiger partial charge in [-0.05, 0) is 25.1 Å². The van der Waals surface area contributed by atoms with E-state index in [-0.39, 0.29) is 5.91 Å². The quantitative estimate of drug-likeness (QED) is 0.857. The molecule has 0 bridgehead atoms. The molecule has 2 rings (SSSR count). The average molecular weight is 250 g/mol. The van der Waals surface area contributed by atoms with Crippen LogP contribution in [0, 0.1) is 0 Å². The predicted octanol–water partition coefficient (Wildman–Crippen LogP) is 0.776. The van der Waals surface area contributed by atoms with Crippen LogP contribution in [0.3, 0.4) is 0 Å². The highest BCUT2D eigenvalue weighted by atomic mass is 16.5. The molecule has 98 valence electrons. The lowest BCUT2D eigenvalue weighted by Crippen LogP contribution is -2.48. The van der Waals surface area contributed by atoms with E-state index < -0.39 is 6.10 Å². The van der Waals surface area contributed by atoms with E-state index in [1.165, 1.54) is 0 Å². The van der Waals surface area contributed by atoms with Gasteiger partial charge in [-0.25, -0.2) is 0 Å². The van der Waals surface area contributed by atoms with Crippen molar-refractivity contribution in [2.75, 3.05) is 31.7 Å². The van der Waals surface area contributed by atoms with Crippen molar-refractivity contribution in [3.05, 3.63) is 24.3 Å². The summed E-state index contributed by atoms with van der Waals surface area (Å²) in [6, 6.07) is 7.47. The third-order valence-electron chi connectivity index (χ3n) is 2.97. The van der Waals surface area contributed by atoms with Gasteiger partial charge in [-0.1, -0.05) is 6.07 Å². The maximum absolute atomic E-state index is 12.2. The average Bonchev–Trinajstić information content (AvgIpc) is 2.41. The number of hydrogen-bond acceptors (Lipinski definition) is 4. The highest BCUT2D eigenvalue weighted by molar-refractivity contribution is 5.97. The maximum Gasteiger partial charge on any atom is 0.256 e. The first-order chi connectivity index (χ1) is 8.76. The van der Waals surface area contributed by atoms with E-state index in [2.05, 4.69) is 0 Å². The first kappa shape index (κ1) is 12.9. The summed E-state index contributed by atoms with van der Waals surface area (Å²) in [4.78, 5) is 13.9. The minimum atomic E-state index is -0.421. The lowest BCUT2D eigenvalue weighted by Gasteiger charge is -2.32. The maximum atomic E-state index is 12.2. The number of nitrogens with two attached hydrogens (primary N) is 1. The summed E-state index contributed by atoms with van der Waals surface area (Å²) >= 11 is 0. The Kier molecular flexibility index (Phi) is 4.17. The van der Waals surface area contributed by atoms with E-state index in [9.17, 15) is 4.79 Å². The van der Waals surface area contributed by atoms with Gasteiger partial charge >= 0.3 is 0 Å². The standard InChI is InChI=1S/C13H18N2O3/c1-17-11-4-2-3-10(9-11)15-7-8-18-12(5-6-14)13(15)16/h2-4,9,12H,5-8,14H2,1H3. The molecule has 1 atom stereocenters. The Labute approximate surface area is 106 Å². The molecule has 1 aliphatic heterocycles. The molecule has 0 spiro atoms. The zero-order valence-electron chi connectivity index (χ0n) is 10.5. The van der Waals surface area contributed by atoms with Crippen molar-refractivity contribution in [2.24, 2.45) is 5.73 Å². The number of carbonyl (C=O) groups excluding carboxylic acids is 1. The van der Waals surface area contributed by atoms with Crippen LogP contribution in [-0.2, 0) is 9.53 Å². The second-order valence-electron chi connectivity index (χ2n) is 4.13. The van der Waals surface area contributed by atoms with Crippen molar-refractivity contribution in [3.8, 4) is 5.75 Å². The second kappa shape index (κ2) is 5.84. The fourth-order valence-electron chi connectivity index (χ4n) is 2.03. The minimum absolute atomic E-state index is 0.0278. The molecule has 1 amide bonds. The van der Waals surface area contributed by atoms with Crippen molar-refractivity contribution < 1.29 is 14.3 Å². The van der Waals surface area contributed by atoms with Crippen LogP contribution >= 0.6 is 0 Å². The zero-order chi connectivity index (χ0) is 13.0. The van der Waals surface area contributed by atoms with E-state index in [1.54, 1.807) is 12.0 Å². The van der Waals surface area contributed by atoms with Gasteiger partial charge in [-0.3, -0.25) is 4.79 Å². The molecule has 1 heterocycles. The van der Waals surface area contributed by atoms with Gasteiger partial charge in [0, 0.05) is 18.3 Å². The molecule has 0 radical (unpaired) electrons. The van der Waals surface area contributed by atoms with E-state index in [1.807, 2.05) is 24.3 Å². The molecule has 0 saturated carbocycles. The number of nitrogens with zero attached hydrogens (tertiary/aromatic N) is 1. The molecule has 1 unspecified atom stereocenters. The third kappa shape index (κ3) is 2.63. The number of morpholine rings is 1. The molecule has 1 saturated heterocycles. The SMILES string of the molecule is COc1cccc(N2CCOC(CCN)C2=O)c1. The molecule has 1 fully saturated rings. The predicted molar refractivity (Wildman–Crippen MR) is 68.8 cm³/mol. The Hall–Kier alpha value is -1.59. The van der Waals surface area contributed by atoms with Crippen LogP contribution < -0.4 is 15.4 Å². The van der Waals surface area contributed by atoms with Crippen LogP contribution in [0.4, 0.5) is 5.69 Å². The molecule has 18 heavy (non-hydrogen) atoms. The summed E-state index contributed by atoms with van der Waals surface area (Å²) in [6.07, 6.45) is 0.134. The molecule has 2 N–H and O–H groups in total. The highest BCUT2D eigenvalue weighted by Gasteiger charge is 2.29. The lowest BCUT2D eigenvalue weighted by atomic mass is 10.1. The van der Waals surface area contributed by atoms with Crippen LogP contribution in [0.1, 0.15) is 6.42 Å². The van der Waals surface area contributed by atoms with Gasteiger partial charge in [0.15, 0.2) is 0 Å². The largest absolute Gasteiger partial charge is 0.497 e. The minimum Gasteiger partial charge on any atom is -0.497 e. The van der Waals surface area contributed by atoms with Crippen molar-refractivity contribution in [1.29, 1.82) is 0 Å². The van der Waals surface area contributed by atoms with Crippen LogP contribution in [0.5, 0.6) is 5.75 Å². The Morgan fingerprint density at radius 2 is 2.39 bits per heavy atom. The molecule has 0 aromatic heterocycles. The van der Waals surface area contributed by atoms with Gasteiger partial charge in [0.2, 0.25) is 0 Å². The number of amides is 1. The Morgan fingerprint density at radius 1 is 1.56 bits per heavy atom. The van der Waals surface area contributed by atoms with Gasteiger partial charge in [-0.15, -0.1) is 0 Å². The number of rotatable bonds is 4. The van der Waals surface area contributed by atoms with Gasteiger partial charge in [-0.2, -0.15) is 0 Å². The molecule has 5 nitrogen and oxygen atoms in total. The molecule has 1 aromatic carbocycles. The molecule has 5 heteroatoms.